The van der Waals surface area contributed by atoms with E-state index in [0.29, 0.717) is 0 Å². The van der Waals surface area contributed by atoms with E-state index in [1.54, 1.807) is 13.3 Å². The number of piperazine rings is 1. The van der Waals surface area contributed by atoms with E-state index in [1.807, 2.05) is 11.0 Å². The highest BCUT2D eigenvalue weighted by molar-refractivity contribution is 5.73. The summed E-state index contributed by atoms with van der Waals surface area (Å²) in [5.41, 5.74) is 2.36. The molecule has 0 aliphatic carbocycles. The quantitative estimate of drug-likeness (QED) is 0.857. The summed E-state index contributed by atoms with van der Waals surface area (Å²) >= 11 is 0. The van der Waals surface area contributed by atoms with E-state index < -0.39 is 0 Å². The average Bonchev–Trinajstić information content (AvgIpc) is 2.63. The van der Waals surface area contributed by atoms with Gasteiger partial charge in [0.2, 0.25) is 5.91 Å². The summed E-state index contributed by atoms with van der Waals surface area (Å²) in [6.45, 7) is 9.75. The summed E-state index contributed by atoms with van der Waals surface area (Å²) in [5, 5.41) is 0. The minimum Gasteiger partial charge on any atom is -0.353 e. The Morgan fingerprint density at radius 2 is 1.92 bits per heavy atom. The molecule has 1 aliphatic rings. The third kappa shape index (κ3) is 3.90. The Morgan fingerprint density at radius 1 is 1.16 bits per heavy atom. The van der Waals surface area contributed by atoms with Gasteiger partial charge in [-0.3, -0.25) is 4.79 Å². The third-order valence-electron chi connectivity index (χ3n) is 4.59. The molecule has 1 aromatic heterocycles. The van der Waals surface area contributed by atoms with Gasteiger partial charge in [-0.05, 0) is 31.5 Å². The summed E-state index contributed by atoms with van der Waals surface area (Å²) in [6, 6.07) is 10.5. The Hall–Kier alpha value is -2.63. The van der Waals surface area contributed by atoms with Crippen LogP contribution in [0.4, 0.5) is 17.3 Å². The molecule has 0 saturated carbocycles. The van der Waals surface area contributed by atoms with Crippen LogP contribution in [-0.2, 0) is 4.79 Å². The minimum absolute atomic E-state index is 0.139. The molecule has 3 rings (SSSR count). The Balaban J connectivity index is 1.80. The number of aromatic nitrogens is 2. The zero-order valence-electron chi connectivity index (χ0n) is 15.1. The van der Waals surface area contributed by atoms with Gasteiger partial charge in [-0.25, -0.2) is 9.97 Å². The average molecular weight is 339 g/mol. The molecule has 0 bridgehead atoms. The topological polar surface area (TPSA) is 52.6 Å². The van der Waals surface area contributed by atoms with Crippen molar-refractivity contribution in [2.45, 2.75) is 20.8 Å². The number of benzene rings is 1. The molecule has 25 heavy (non-hydrogen) atoms. The number of nitrogens with zero attached hydrogens (tertiary/aromatic N) is 5. The molecule has 1 fully saturated rings. The number of hydrogen-bond acceptors (Lipinski definition) is 5. The number of hydrogen-bond donors (Lipinski definition) is 0. The molecule has 0 N–H and O–H groups in total. The van der Waals surface area contributed by atoms with Crippen LogP contribution in [0.15, 0.2) is 36.7 Å². The Morgan fingerprint density at radius 3 is 2.56 bits per heavy atom. The van der Waals surface area contributed by atoms with Gasteiger partial charge in [0.15, 0.2) is 0 Å². The summed E-state index contributed by atoms with van der Waals surface area (Å²) in [6.07, 6.45) is 1.63. The second kappa shape index (κ2) is 7.51. The first kappa shape index (κ1) is 17.2. The molecular formula is C19H25N5O. The SMILES string of the molecule is CCN(c1cccc(C)c1)c1cc(N2CCN(C(C)=O)CC2)ncn1. The van der Waals surface area contributed by atoms with Crippen molar-refractivity contribution < 1.29 is 4.79 Å². The van der Waals surface area contributed by atoms with Gasteiger partial charge in [0.05, 0.1) is 0 Å². The van der Waals surface area contributed by atoms with Crippen molar-refractivity contribution in [1.82, 2.24) is 14.9 Å². The van der Waals surface area contributed by atoms with E-state index in [-0.39, 0.29) is 5.91 Å². The Labute approximate surface area is 149 Å². The van der Waals surface area contributed by atoms with E-state index >= 15 is 0 Å². The fourth-order valence-corrected chi connectivity index (χ4v) is 3.18. The van der Waals surface area contributed by atoms with Crippen molar-refractivity contribution in [2.24, 2.45) is 0 Å². The lowest BCUT2D eigenvalue weighted by molar-refractivity contribution is -0.129. The van der Waals surface area contributed by atoms with Crippen LogP contribution in [0.25, 0.3) is 0 Å². The molecule has 0 atom stereocenters. The number of carbonyl (C=O) groups is 1. The zero-order valence-corrected chi connectivity index (χ0v) is 15.1. The van der Waals surface area contributed by atoms with Crippen LogP contribution in [0.5, 0.6) is 0 Å². The predicted molar refractivity (Wildman–Crippen MR) is 100 cm³/mol. The molecule has 1 aliphatic heterocycles. The van der Waals surface area contributed by atoms with Gasteiger partial charge in [-0.1, -0.05) is 12.1 Å². The maximum atomic E-state index is 11.5. The maximum absolute atomic E-state index is 11.5. The molecule has 2 aromatic rings. The highest BCUT2D eigenvalue weighted by Gasteiger charge is 2.20. The molecule has 6 nitrogen and oxygen atoms in total. The van der Waals surface area contributed by atoms with Crippen LogP contribution in [0.2, 0.25) is 0 Å². The second-order valence-corrected chi connectivity index (χ2v) is 6.31. The van der Waals surface area contributed by atoms with Gasteiger partial charge in [0, 0.05) is 51.4 Å². The Kier molecular flexibility index (Phi) is 5.16. The summed E-state index contributed by atoms with van der Waals surface area (Å²) in [5.74, 6) is 1.95. The van der Waals surface area contributed by atoms with Crippen LogP contribution in [0.1, 0.15) is 19.4 Å². The number of rotatable bonds is 4. The first-order valence-corrected chi connectivity index (χ1v) is 8.75. The fourth-order valence-electron chi connectivity index (χ4n) is 3.18. The van der Waals surface area contributed by atoms with Crippen molar-refractivity contribution in [3.63, 3.8) is 0 Å². The van der Waals surface area contributed by atoms with Crippen LogP contribution in [0, 0.1) is 6.92 Å². The lowest BCUT2D eigenvalue weighted by Crippen LogP contribution is -2.48. The van der Waals surface area contributed by atoms with Gasteiger partial charge in [-0.2, -0.15) is 0 Å². The molecule has 2 heterocycles. The Bertz CT molecular complexity index is 740. The lowest BCUT2D eigenvalue weighted by atomic mass is 10.2. The van der Waals surface area contributed by atoms with E-state index in [2.05, 4.69) is 57.9 Å². The van der Waals surface area contributed by atoms with Crippen LogP contribution < -0.4 is 9.80 Å². The standard InChI is InChI=1S/C19H25N5O/c1-4-24(17-7-5-6-15(2)12-17)19-13-18(20-14-21-19)23-10-8-22(9-11-23)16(3)25/h5-7,12-14H,4,8-11H2,1-3H3. The predicted octanol–water partition coefficient (Wildman–Crippen LogP) is 2.61. The van der Waals surface area contributed by atoms with Gasteiger partial charge in [0.1, 0.15) is 18.0 Å². The van der Waals surface area contributed by atoms with Gasteiger partial charge >= 0.3 is 0 Å². The highest BCUT2D eigenvalue weighted by Crippen LogP contribution is 2.26. The number of anilines is 3. The highest BCUT2D eigenvalue weighted by atomic mass is 16.2. The van der Waals surface area contributed by atoms with Crippen LogP contribution >= 0.6 is 0 Å². The van der Waals surface area contributed by atoms with E-state index in [9.17, 15) is 4.79 Å². The van der Waals surface area contributed by atoms with Gasteiger partial charge in [0.25, 0.3) is 0 Å². The molecule has 132 valence electrons. The smallest absolute Gasteiger partial charge is 0.219 e. The van der Waals surface area contributed by atoms with Crippen LogP contribution in [0.3, 0.4) is 0 Å². The first-order valence-electron chi connectivity index (χ1n) is 8.75. The fraction of sp³-hybridized carbons (Fsp3) is 0.421. The lowest BCUT2D eigenvalue weighted by Gasteiger charge is -2.35. The normalized spacial score (nSPS) is 14.5. The molecular weight excluding hydrogens is 314 g/mol. The van der Waals surface area contributed by atoms with E-state index in [4.69, 9.17) is 0 Å². The summed E-state index contributed by atoms with van der Waals surface area (Å²) in [4.78, 5) is 26.7. The summed E-state index contributed by atoms with van der Waals surface area (Å²) in [7, 11) is 0. The monoisotopic (exact) mass is 339 g/mol. The number of carbonyl (C=O) groups excluding carboxylic acids is 1. The van der Waals surface area contributed by atoms with Crippen molar-refractivity contribution in [3.05, 3.63) is 42.2 Å². The minimum atomic E-state index is 0.139. The van der Waals surface area contributed by atoms with Gasteiger partial charge < -0.3 is 14.7 Å². The van der Waals surface area contributed by atoms with E-state index in [1.165, 1.54) is 5.56 Å². The van der Waals surface area contributed by atoms with Crippen molar-refractivity contribution >= 4 is 23.2 Å². The second-order valence-electron chi connectivity index (χ2n) is 6.31. The van der Waals surface area contributed by atoms with Crippen molar-refractivity contribution in [2.75, 3.05) is 42.5 Å². The molecule has 1 aromatic carbocycles. The molecule has 0 radical (unpaired) electrons. The molecule has 0 unspecified atom stereocenters. The van der Waals surface area contributed by atoms with Crippen molar-refractivity contribution in [3.8, 4) is 0 Å². The zero-order chi connectivity index (χ0) is 17.8. The number of aryl methyl sites for hydroxylation is 1. The largest absolute Gasteiger partial charge is 0.353 e. The molecule has 1 amide bonds. The molecule has 6 heteroatoms. The van der Waals surface area contributed by atoms with Crippen molar-refractivity contribution in [1.29, 1.82) is 0 Å². The molecule has 1 saturated heterocycles. The summed E-state index contributed by atoms with van der Waals surface area (Å²) < 4.78 is 0. The third-order valence-corrected chi connectivity index (χ3v) is 4.59. The molecule has 0 spiro atoms. The van der Waals surface area contributed by atoms with Gasteiger partial charge in [-0.15, -0.1) is 0 Å². The number of amides is 1. The van der Waals surface area contributed by atoms with Crippen LogP contribution in [-0.4, -0.2) is 53.5 Å². The maximum Gasteiger partial charge on any atom is 0.219 e. The van der Waals surface area contributed by atoms with E-state index in [0.717, 1.165) is 50.0 Å². The first-order chi connectivity index (χ1) is 12.1.